The molecule has 4 rings (SSSR count). The monoisotopic (exact) mass is 493 g/mol. The van der Waals surface area contributed by atoms with Crippen LogP contribution in [0.1, 0.15) is 44.2 Å². The van der Waals surface area contributed by atoms with E-state index in [2.05, 4.69) is 47.6 Å². The highest BCUT2D eigenvalue weighted by Crippen LogP contribution is 2.36. The van der Waals surface area contributed by atoms with Gasteiger partial charge >= 0.3 is 5.97 Å². The van der Waals surface area contributed by atoms with Gasteiger partial charge < -0.3 is 9.63 Å². The molecule has 0 aliphatic carbocycles. The molecule has 0 saturated carbocycles. The largest absolute Gasteiger partial charge is 0.481 e. The van der Waals surface area contributed by atoms with Crippen molar-refractivity contribution in [2.45, 2.75) is 46.1 Å². The number of allylic oxidation sites excluding steroid dienone is 1. The van der Waals surface area contributed by atoms with E-state index in [0.717, 1.165) is 48.3 Å². The van der Waals surface area contributed by atoms with E-state index in [1.54, 1.807) is 6.08 Å². The summed E-state index contributed by atoms with van der Waals surface area (Å²) in [6.07, 6.45) is 4.45. The van der Waals surface area contributed by atoms with Crippen LogP contribution in [0.3, 0.4) is 0 Å². The molecule has 1 N–H and O–H groups in total. The summed E-state index contributed by atoms with van der Waals surface area (Å²) in [4.78, 5) is 18.6. The van der Waals surface area contributed by atoms with E-state index in [1.165, 1.54) is 0 Å². The second-order valence-electron chi connectivity index (χ2n) is 9.88. The molecule has 184 valence electrons. The molecular weight excluding hydrogens is 462 g/mol. The number of piperidine rings is 1. The fourth-order valence-electron chi connectivity index (χ4n) is 4.68. The zero-order chi connectivity index (χ0) is 25.0. The maximum atomic E-state index is 11.8. The molecule has 1 aromatic heterocycles. The summed E-state index contributed by atoms with van der Waals surface area (Å²) in [5.41, 5.74) is 3.29. The first kappa shape index (κ1) is 25.1. The molecule has 6 nitrogen and oxygen atoms in total. The van der Waals surface area contributed by atoms with E-state index < -0.39 is 11.4 Å². The van der Waals surface area contributed by atoms with Gasteiger partial charge in [0.1, 0.15) is 0 Å². The molecule has 1 aliphatic heterocycles. The van der Waals surface area contributed by atoms with E-state index in [1.807, 2.05) is 30.3 Å². The van der Waals surface area contributed by atoms with Crippen LogP contribution in [-0.2, 0) is 17.8 Å². The van der Waals surface area contributed by atoms with Crippen molar-refractivity contribution in [3.05, 3.63) is 71.3 Å². The number of hydrogen-bond donors (Lipinski definition) is 1. The van der Waals surface area contributed by atoms with Crippen molar-refractivity contribution in [1.29, 1.82) is 0 Å². The van der Waals surface area contributed by atoms with Crippen molar-refractivity contribution in [2.75, 3.05) is 13.1 Å². The van der Waals surface area contributed by atoms with Gasteiger partial charge in [0.2, 0.25) is 5.82 Å². The normalized spacial score (nSPS) is 15.9. The molecule has 0 atom stereocenters. The highest BCUT2D eigenvalue weighted by atomic mass is 35.5. The average molecular weight is 494 g/mol. The lowest BCUT2D eigenvalue weighted by Crippen LogP contribution is -2.43. The maximum absolute atomic E-state index is 11.8. The Kier molecular flexibility index (Phi) is 7.72. The quantitative estimate of drug-likeness (QED) is 0.343. The molecule has 2 aromatic carbocycles. The Balaban J connectivity index is 1.39. The van der Waals surface area contributed by atoms with Gasteiger partial charge in [-0.3, -0.25) is 9.69 Å². The van der Waals surface area contributed by atoms with Gasteiger partial charge in [-0.05, 0) is 68.0 Å². The van der Waals surface area contributed by atoms with Gasteiger partial charge in [0.15, 0.2) is 0 Å². The van der Waals surface area contributed by atoms with Crippen LogP contribution in [0.5, 0.6) is 0 Å². The minimum atomic E-state index is -0.713. The standard InChI is InChI=1S/C28H32ClN3O3/c1-4-11-28(27(33)34)12-14-32(15-13-28)18-20-5-7-21(8-6-20)25-30-26(35-31-25)23-10-9-22(16-19(2)3)24(29)17-23/h4-10,17,19H,1,11-16,18H2,2-3H3,(H,33,34). The first-order valence-electron chi connectivity index (χ1n) is 12.1. The molecule has 1 fully saturated rings. The average Bonchev–Trinajstić information content (AvgIpc) is 3.32. The van der Waals surface area contributed by atoms with Crippen molar-refractivity contribution in [1.82, 2.24) is 15.0 Å². The lowest BCUT2D eigenvalue weighted by molar-refractivity contribution is -0.152. The highest BCUT2D eigenvalue weighted by Gasteiger charge is 2.40. The Morgan fingerprint density at radius 1 is 1.20 bits per heavy atom. The molecule has 0 bridgehead atoms. The zero-order valence-electron chi connectivity index (χ0n) is 20.3. The zero-order valence-corrected chi connectivity index (χ0v) is 21.1. The predicted molar refractivity (Wildman–Crippen MR) is 138 cm³/mol. The molecule has 0 amide bonds. The van der Waals surface area contributed by atoms with E-state index in [0.29, 0.717) is 41.9 Å². The van der Waals surface area contributed by atoms with Gasteiger partial charge in [-0.25, -0.2) is 0 Å². The summed E-state index contributed by atoms with van der Waals surface area (Å²) < 4.78 is 5.51. The number of aliphatic carboxylic acids is 1. The number of nitrogens with zero attached hydrogens (tertiary/aromatic N) is 3. The van der Waals surface area contributed by atoms with Crippen LogP contribution >= 0.6 is 11.6 Å². The number of carboxylic acid groups (broad SMARTS) is 1. The van der Waals surface area contributed by atoms with Gasteiger partial charge in [-0.15, -0.1) is 6.58 Å². The minimum absolute atomic E-state index is 0.442. The molecular formula is C28H32ClN3O3. The molecule has 0 spiro atoms. The Hall–Kier alpha value is -2.96. The number of benzene rings is 2. The van der Waals surface area contributed by atoms with Crippen LogP contribution in [-0.4, -0.2) is 39.2 Å². The Morgan fingerprint density at radius 2 is 1.89 bits per heavy atom. The van der Waals surface area contributed by atoms with Crippen molar-refractivity contribution in [3.8, 4) is 22.8 Å². The van der Waals surface area contributed by atoms with Crippen LogP contribution in [0.2, 0.25) is 5.02 Å². The number of likely N-dealkylation sites (tertiary alicyclic amines) is 1. The summed E-state index contributed by atoms with van der Waals surface area (Å²) in [6, 6.07) is 14.0. The van der Waals surface area contributed by atoms with E-state index in [-0.39, 0.29) is 0 Å². The number of rotatable bonds is 9. The maximum Gasteiger partial charge on any atom is 0.310 e. The smallest absolute Gasteiger partial charge is 0.310 e. The predicted octanol–water partition coefficient (Wildman–Crippen LogP) is 6.50. The van der Waals surface area contributed by atoms with Crippen LogP contribution in [0, 0.1) is 11.3 Å². The Labute approximate surface area is 211 Å². The molecule has 0 unspecified atom stereocenters. The molecule has 1 saturated heterocycles. The van der Waals surface area contributed by atoms with Crippen LogP contribution in [0.25, 0.3) is 22.8 Å². The van der Waals surface area contributed by atoms with Gasteiger partial charge in [0, 0.05) is 22.7 Å². The van der Waals surface area contributed by atoms with Crippen molar-refractivity contribution >= 4 is 17.6 Å². The fourth-order valence-corrected chi connectivity index (χ4v) is 4.94. The third-order valence-corrected chi connectivity index (χ3v) is 7.13. The summed E-state index contributed by atoms with van der Waals surface area (Å²) in [5, 5.41) is 14.5. The molecule has 2 heterocycles. The second-order valence-corrected chi connectivity index (χ2v) is 10.3. The van der Waals surface area contributed by atoms with Crippen LogP contribution < -0.4 is 0 Å². The highest BCUT2D eigenvalue weighted by molar-refractivity contribution is 6.31. The van der Waals surface area contributed by atoms with Gasteiger partial charge in [-0.2, -0.15) is 4.98 Å². The van der Waals surface area contributed by atoms with Gasteiger partial charge in [-0.1, -0.05) is 67.0 Å². The van der Waals surface area contributed by atoms with Crippen molar-refractivity contribution < 1.29 is 14.4 Å². The van der Waals surface area contributed by atoms with Crippen molar-refractivity contribution in [3.63, 3.8) is 0 Å². The SMILES string of the molecule is C=CCC1(C(=O)O)CCN(Cc2ccc(-c3noc(-c4ccc(CC(C)C)c(Cl)c4)n3)cc2)CC1. The van der Waals surface area contributed by atoms with Crippen LogP contribution in [0.4, 0.5) is 0 Å². The number of aromatic nitrogens is 2. The summed E-state index contributed by atoms with van der Waals surface area (Å²) in [6.45, 7) is 10.4. The fraction of sp³-hybridized carbons (Fsp3) is 0.393. The number of carbonyl (C=O) groups is 1. The third kappa shape index (κ3) is 5.82. The number of hydrogen-bond acceptors (Lipinski definition) is 5. The summed E-state index contributed by atoms with van der Waals surface area (Å²) in [5.74, 6) is 0.788. The van der Waals surface area contributed by atoms with E-state index in [4.69, 9.17) is 16.1 Å². The Morgan fingerprint density at radius 3 is 2.49 bits per heavy atom. The topological polar surface area (TPSA) is 79.5 Å². The van der Waals surface area contributed by atoms with E-state index >= 15 is 0 Å². The first-order valence-corrected chi connectivity index (χ1v) is 12.5. The molecule has 0 radical (unpaired) electrons. The second kappa shape index (κ2) is 10.8. The molecule has 1 aliphatic rings. The Bertz CT molecular complexity index is 1180. The summed E-state index contributed by atoms with van der Waals surface area (Å²) in [7, 11) is 0. The third-order valence-electron chi connectivity index (χ3n) is 6.77. The minimum Gasteiger partial charge on any atom is -0.481 e. The lowest BCUT2D eigenvalue weighted by Gasteiger charge is -2.38. The summed E-state index contributed by atoms with van der Waals surface area (Å²) >= 11 is 6.46. The van der Waals surface area contributed by atoms with Gasteiger partial charge in [0.05, 0.1) is 5.41 Å². The number of halogens is 1. The van der Waals surface area contributed by atoms with Crippen LogP contribution in [0.15, 0.2) is 59.6 Å². The first-order chi connectivity index (χ1) is 16.8. The molecule has 3 aromatic rings. The van der Waals surface area contributed by atoms with Gasteiger partial charge in [0.25, 0.3) is 5.89 Å². The molecule has 35 heavy (non-hydrogen) atoms. The molecule has 7 heteroatoms. The lowest BCUT2D eigenvalue weighted by atomic mass is 9.75. The number of carboxylic acids is 1. The van der Waals surface area contributed by atoms with Crippen molar-refractivity contribution in [2.24, 2.45) is 11.3 Å². The van der Waals surface area contributed by atoms with E-state index in [9.17, 15) is 9.90 Å².